The van der Waals surface area contributed by atoms with Gasteiger partial charge in [-0.15, -0.1) is 0 Å². The van der Waals surface area contributed by atoms with E-state index in [1.165, 1.54) is 22.2 Å². The molecule has 1 aromatic carbocycles. The fraction of sp³-hybridized carbons (Fsp3) is 0.214. The first-order valence-corrected chi connectivity index (χ1v) is 6.07. The molecule has 4 heteroatoms. The number of rotatable bonds is 4. The van der Waals surface area contributed by atoms with Gasteiger partial charge in [-0.25, -0.2) is 0 Å². The van der Waals surface area contributed by atoms with E-state index in [4.69, 9.17) is 0 Å². The van der Waals surface area contributed by atoms with Crippen molar-refractivity contribution in [2.24, 2.45) is 7.05 Å². The lowest BCUT2D eigenvalue weighted by Gasteiger charge is -2.04. The van der Waals surface area contributed by atoms with Crippen LogP contribution >= 0.6 is 0 Å². The second-order valence-electron chi connectivity index (χ2n) is 4.41. The summed E-state index contributed by atoms with van der Waals surface area (Å²) >= 11 is 0. The molecular formula is C14H16N4. The van der Waals surface area contributed by atoms with E-state index in [0.717, 1.165) is 13.1 Å². The molecule has 3 aromatic rings. The predicted molar refractivity (Wildman–Crippen MR) is 72.1 cm³/mol. The molecule has 0 saturated heterocycles. The van der Waals surface area contributed by atoms with Crippen molar-refractivity contribution in [1.29, 1.82) is 0 Å². The molecule has 0 aliphatic heterocycles. The zero-order valence-electron chi connectivity index (χ0n) is 10.4. The van der Waals surface area contributed by atoms with Crippen LogP contribution < -0.4 is 5.32 Å². The van der Waals surface area contributed by atoms with Gasteiger partial charge in [0, 0.05) is 43.4 Å². The molecule has 0 bridgehead atoms. The lowest BCUT2D eigenvalue weighted by molar-refractivity contribution is 0.627. The molecule has 2 heterocycles. The monoisotopic (exact) mass is 240 g/mol. The molecule has 0 amide bonds. The Bertz CT molecular complexity index is 650. The van der Waals surface area contributed by atoms with Crippen LogP contribution in [-0.4, -0.2) is 14.8 Å². The Morgan fingerprint density at radius 1 is 1.22 bits per heavy atom. The van der Waals surface area contributed by atoms with E-state index in [-0.39, 0.29) is 0 Å². The zero-order valence-corrected chi connectivity index (χ0v) is 10.4. The summed E-state index contributed by atoms with van der Waals surface area (Å²) in [4.78, 5) is 3.29. The van der Waals surface area contributed by atoms with E-state index >= 15 is 0 Å². The summed E-state index contributed by atoms with van der Waals surface area (Å²) in [7, 11) is 1.96. The minimum absolute atomic E-state index is 0.829. The largest absolute Gasteiger partial charge is 0.361 e. The van der Waals surface area contributed by atoms with E-state index in [0.29, 0.717) is 0 Å². The van der Waals surface area contributed by atoms with Crippen LogP contribution in [0.4, 0.5) is 0 Å². The number of hydrogen-bond donors (Lipinski definition) is 2. The molecule has 2 aromatic heterocycles. The average molecular weight is 240 g/mol. The molecule has 2 N–H and O–H groups in total. The number of benzene rings is 1. The SMILES string of the molecule is Cn1nccc1CNCc1c[nH]c2ccccc12. The van der Waals surface area contributed by atoms with Gasteiger partial charge in [0.2, 0.25) is 0 Å². The van der Waals surface area contributed by atoms with E-state index in [9.17, 15) is 0 Å². The molecule has 0 atom stereocenters. The Labute approximate surface area is 106 Å². The maximum absolute atomic E-state index is 4.15. The molecule has 18 heavy (non-hydrogen) atoms. The summed E-state index contributed by atoms with van der Waals surface area (Å²) in [6.45, 7) is 1.69. The Balaban J connectivity index is 1.68. The second kappa shape index (κ2) is 4.66. The first kappa shape index (κ1) is 11.0. The van der Waals surface area contributed by atoms with Gasteiger partial charge < -0.3 is 10.3 Å². The first-order chi connectivity index (χ1) is 8.84. The number of H-pyrrole nitrogens is 1. The first-order valence-electron chi connectivity index (χ1n) is 6.07. The molecule has 92 valence electrons. The van der Waals surface area contributed by atoms with Crippen LogP contribution in [0.5, 0.6) is 0 Å². The van der Waals surface area contributed by atoms with Crippen molar-refractivity contribution in [3.63, 3.8) is 0 Å². The molecule has 0 fully saturated rings. The normalized spacial score (nSPS) is 11.2. The standard InChI is InChI=1S/C14H16N4/c1-18-12(6-7-17-18)10-15-8-11-9-16-14-5-3-2-4-13(11)14/h2-7,9,15-16H,8,10H2,1H3. The van der Waals surface area contributed by atoms with Gasteiger partial charge in [0.05, 0.1) is 5.69 Å². The molecule has 0 saturated carbocycles. The van der Waals surface area contributed by atoms with Gasteiger partial charge in [-0.05, 0) is 17.7 Å². The predicted octanol–water partition coefficient (Wildman–Crippen LogP) is 2.19. The summed E-state index contributed by atoms with van der Waals surface area (Å²) in [5.41, 5.74) is 3.68. The van der Waals surface area contributed by atoms with Crippen molar-refractivity contribution in [1.82, 2.24) is 20.1 Å². The number of fused-ring (bicyclic) bond motifs is 1. The third-order valence-corrected chi connectivity index (χ3v) is 3.22. The summed E-state index contributed by atoms with van der Waals surface area (Å²) in [5, 5.41) is 8.88. The van der Waals surface area contributed by atoms with Crippen LogP contribution in [0.2, 0.25) is 0 Å². The number of aromatic nitrogens is 3. The highest BCUT2D eigenvalue weighted by Gasteiger charge is 2.03. The molecule has 0 unspecified atom stereocenters. The Kier molecular flexibility index (Phi) is 2.86. The second-order valence-corrected chi connectivity index (χ2v) is 4.41. The highest BCUT2D eigenvalue weighted by molar-refractivity contribution is 5.82. The Morgan fingerprint density at radius 3 is 2.94 bits per heavy atom. The number of aromatic amines is 1. The van der Waals surface area contributed by atoms with Crippen LogP contribution in [0.25, 0.3) is 10.9 Å². The van der Waals surface area contributed by atoms with Gasteiger partial charge in [0.25, 0.3) is 0 Å². The topological polar surface area (TPSA) is 45.6 Å². The smallest absolute Gasteiger partial charge is 0.0518 e. The van der Waals surface area contributed by atoms with Gasteiger partial charge in [0.1, 0.15) is 0 Å². The highest BCUT2D eigenvalue weighted by Crippen LogP contribution is 2.17. The van der Waals surface area contributed by atoms with E-state index in [2.05, 4.69) is 39.8 Å². The highest BCUT2D eigenvalue weighted by atomic mass is 15.3. The molecule has 3 rings (SSSR count). The molecular weight excluding hydrogens is 224 g/mol. The maximum atomic E-state index is 4.15. The molecule has 0 aliphatic carbocycles. The van der Waals surface area contributed by atoms with E-state index < -0.39 is 0 Å². The minimum Gasteiger partial charge on any atom is -0.361 e. The van der Waals surface area contributed by atoms with Gasteiger partial charge in [-0.3, -0.25) is 4.68 Å². The zero-order chi connectivity index (χ0) is 12.4. The fourth-order valence-corrected chi connectivity index (χ4v) is 2.18. The third kappa shape index (κ3) is 2.02. The lowest BCUT2D eigenvalue weighted by Crippen LogP contribution is -2.15. The van der Waals surface area contributed by atoms with E-state index in [1.54, 1.807) is 0 Å². The van der Waals surface area contributed by atoms with Crippen LogP contribution in [-0.2, 0) is 20.1 Å². The number of nitrogens with one attached hydrogen (secondary N) is 2. The van der Waals surface area contributed by atoms with Crippen LogP contribution in [0, 0.1) is 0 Å². The van der Waals surface area contributed by atoms with Crippen LogP contribution in [0.1, 0.15) is 11.3 Å². The lowest BCUT2D eigenvalue weighted by atomic mass is 10.2. The van der Waals surface area contributed by atoms with Crippen molar-refractivity contribution in [3.05, 3.63) is 54.0 Å². The summed E-state index contributed by atoms with van der Waals surface area (Å²) in [6, 6.07) is 10.4. The van der Waals surface area contributed by atoms with Crippen molar-refractivity contribution >= 4 is 10.9 Å². The van der Waals surface area contributed by atoms with Crippen LogP contribution in [0.3, 0.4) is 0 Å². The van der Waals surface area contributed by atoms with Crippen molar-refractivity contribution in [2.45, 2.75) is 13.1 Å². The Morgan fingerprint density at radius 2 is 2.11 bits per heavy atom. The molecule has 4 nitrogen and oxygen atoms in total. The van der Waals surface area contributed by atoms with Gasteiger partial charge in [0.15, 0.2) is 0 Å². The third-order valence-electron chi connectivity index (χ3n) is 3.22. The van der Waals surface area contributed by atoms with E-state index in [1.807, 2.05) is 30.1 Å². The van der Waals surface area contributed by atoms with Gasteiger partial charge >= 0.3 is 0 Å². The number of para-hydroxylation sites is 1. The number of hydrogen-bond acceptors (Lipinski definition) is 2. The molecule has 0 radical (unpaired) electrons. The van der Waals surface area contributed by atoms with Gasteiger partial charge in [-0.2, -0.15) is 5.10 Å². The van der Waals surface area contributed by atoms with Gasteiger partial charge in [-0.1, -0.05) is 18.2 Å². The van der Waals surface area contributed by atoms with Crippen LogP contribution in [0.15, 0.2) is 42.7 Å². The maximum Gasteiger partial charge on any atom is 0.0518 e. The van der Waals surface area contributed by atoms with Crippen molar-refractivity contribution in [3.8, 4) is 0 Å². The minimum atomic E-state index is 0.829. The summed E-state index contributed by atoms with van der Waals surface area (Å²) in [6.07, 6.45) is 3.89. The number of nitrogens with zero attached hydrogens (tertiary/aromatic N) is 2. The molecule has 0 spiro atoms. The molecule has 0 aliphatic rings. The summed E-state index contributed by atoms with van der Waals surface area (Å²) < 4.78 is 1.89. The number of aryl methyl sites for hydroxylation is 1. The Hall–Kier alpha value is -2.07. The van der Waals surface area contributed by atoms with Crippen molar-refractivity contribution < 1.29 is 0 Å². The summed E-state index contributed by atoms with van der Waals surface area (Å²) in [5.74, 6) is 0. The van der Waals surface area contributed by atoms with Crippen molar-refractivity contribution in [2.75, 3.05) is 0 Å². The average Bonchev–Trinajstić information content (AvgIpc) is 2.97. The quantitative estimate of drug-likeness (QED) is 0.734. The fourth-order valence-electron chi connectivity index (χ4n) is 2.18.